The molecule has 0 aromatic heterocycles. The number of anilines is 2. The van der Waals surface area contributed by atoms with E-state index < -0.39 is 11.7 Å². The number of likely N-dealkylation sites (N-methyl/N-ethyl adjacent to an activating group) is 1. The second-order valence-electron chi connectivity index (χ2n) is 7.16. The molecule has 0 aliphatic carbocycles. The molecule has 1 aliphatic heterocycles. The highest BCUT2D eigenvalue weighted by Gasteiger charge is 2.31. The Morgan fingerprint density at radius 3 is 2.45 bits per heavy atom. The molecule has 31 heavy (non-hydrogen) atoms. The lowest BCUT2D eigenvalue weighted by atomic mass is 10.1. The van der Waals surface area contributed by atoms with Crippen molar-refractivity contribution < 1.29 is 17.9 Å². The summed E-state index contributed by atoms with van der Waals surface area (Å²) >= 11 is 0. The number of alkyl halides is 3. The van der Waals surface area contributed by atoms with Crippen LogP contribution >= 0.6 is 24.0 Å². The number of nitrogens with one attached hydrogen (secondary N) is 1. The topological polar surface area (TPSA) is 66.1 Å². The standard InChI is InChI=1S/C21H26F3N5O.HI/c1-28-9-11-29(12-10-28)18-8-7-16(21(22,23)24)13-15(18)14-26-20(25)27-17-5-3-4-6-19(17)30-2;/h3-8,13H,9-12,14H2,1-2H3,(H3,25,26,27);1H. The maximum atomic E-state index is 13.3. The fourth-order valence-corrected chi connectivity index (χ4v) is 3.34. The van der Waals surface area contributed by atoms with Crippen molar-refractivity contribution in [2.75, 3.05) is 50.6 Å². The summed E-state index contributed by atoms with van der Waals surface area (Å²) in [6, 6.07) is 11.0. The van der Waals surface area contributed by atoms with E-state index in [0.29, 0.717) is 17.0 Å². The monoisotopic (exact) mass is 549 g/mol. The molecule has 1 saturated heterocycles. The summed E-state index contributed by atoms with van der Waals surface area (Å²) in [5.74, 6) is 0.689. The van der Waals surface area contributed by atoms with Crippen LogP contribution in [0.15, 0.2) is 47.5 Å². The van der Waals surface area contributed by atoms with Crippen LogP contribution in [0.4, 0.5) is 24.5 Å². The van der Waals surface area contributed by atoms with E-state index in [1.165, 1.54) is 6.07 Å². The quantitative estimate of drug-likeness (QED) is 0.336. The van der Waals surface area contributed by atoms with Crippen molar-refractivity contribution in [3.05, 3.63) is 53.6 Å². The molecule has 0 radical (unpaired) electrons. The summed E-state index contributed by atoms with van der Waals surface area (Å²) < 4.78 is 45.0. The van der Waals surface area contributed by atoms with Gasteiger partial charge in [-0.05, 0) is 42.9 Å². The summed E-state index contributed by atoms with van der Waals surface area (Å²) in [6.07, 6.45) is -4.42. The molecule has 1 aliphatic rings. The molecule has 0 bridgehead atoms. The number of benzene rings is 2. The Hall–Kier alpha value is -2.21. The van der Waals surface area contributed by atoms with E-state index in [1.54, 1.807) is 19.2 Å². The average molecular weight is 549 g/mol. The first-order valence-electron chi connectivity index (χ1n) is 9.61. The van der Waals surface area contributed by atoms with Gasteiger partial charge in [0.1, 0.15) is 5.75 Å². The highest BCUT2D eigenvalue weighted by atomic mass is 127. The van der Waals surface area contributed by atoms with Crippen LogP contribution in [0.2, 0.25) is 0 Å². The summed E-state index contributed by atoms with van der Waals surface area (Å²) in [6.45, 7) is 3.21. The van der Waals surface area contributed by atoms with Gasteiger partial charge in [-0.2, -0.15) is 13.2 Å². The van der Waals surface area contributed by atoms with Crippen LogP contribution in [0.1, 0.15) is 11.1 Å². The lowest BCUT2D eigenvalue weighted by Crippen LogP contribution is -2.44. The fraction of sp³-hybridized carbons (Fsp3) is 0.381. The molecule has 170 valence electrons. The van der Waals surface area contributed by atoms with Crippen molar-refractivity contribution in [2.45, 2.75) is 12.7 Å². The molecule has 0 spiro atoms. The van der Waals surface area contributed by atoms with Gasteiger partial charge < -0.3 is 25.6 Å². The highest BCUT2D eigenvalue weighted by molar-refractivity contribution is 14.0. The van der Waals surface area contributed by atoms with Crippen molar-refractivity contribution >= 4 is 41.3 Å². The van der Waals surface area contributed by atoms with E-state index in [1.807, 2.05) is 19.2 Å². The number of para-hydroxylation sites is 2. The number of nitrogens with two attached hydrogens (primary N) is 1. The van der Waals surface area contributed by atoms with Gasteiger partial charge in [0, 0.05) is 31.9 Å². The van der Waals surface area contributed by atoms with Crippen LogP contribution in [0.25, 0.3) is 0 Å². The van der Waals surface area contributed by atoms with Crippen LogP contribution < -0.4 is 20.7 Å². The lowest BCUT2D eigenvalue weighted by Gasteiger charge is -2.35. The molecular weight excluding hydrogens is 522 g/mol. The van der Waals surface area contributed by atoms with Crippen molar-refractivity contribution in [1.82, 2.24) is 4.90 Å². The average Bonchev–Trinajstić information content (AvgIpc) is 2.72. The number of halogens is 4. The molecule has 2 aromatic rings. The van der Waals surface area contributed by atoms with Gasteiger partial charge in [-0.3, -0.25) is 0 Å². The van der Waals surface area contributed by atoms with Gasteiger partial charge in [0.2, 0.25) is 0 Å². The maximum Gasteiger partial charge on any atom is 0.416 e. The fourth-order valence-electron chi connectivity index (χ4n) is 3.34. The molecule has 1 heterocycles. The minimum atomic E-state index is -4.42. The van der Waals surface area contributed by atoms with E-state index in [2.05, 4.69) is 20.1 Å². The Morgan fingerprint density at radius 2 is 1.81 bits per heavy atom. The number of hydrogen-bond donors (Lipinski definition) is 2. The van der Waals surface area contributed by atoms with Crippen LogP contribution in [0.5, 0.6) is 5.75 Å². The zero-order valence-electron chi connectivity index (χ0n) is 17.4. The van der Waals surface area contributed by atoms with E-state index >= 15 is 0 Å². The summed E-state index contributed by atoms with van der Waals surface area (Å²) in [5.41, 5.74) is 7.16. The zero-order valence-corrected chi connectivity index (χ0v) is 19.8. The largest absolute Gasteiger partial charge is 0.495 e. The van der Waals surface area contributed by atoms with Gasteiger partial charge in [0.05, 0.1) is 24.9 Å². The molecule has 0 unspecified atom stereocenters. The number of nitrogens with zero attached hydrogens (tertiary/aromatic N) is 3. The highest BCUT2D eigenvalue weighted by Crippen LogP contribution is 2.33. The van der Waals surface area contributed by atoms with E-state index in [9.17, 15) is 13.2 Å². The molecule has 1 fully saturated rings. The third-order valence-electron chi connectivity index (χ3n) is 5.04. The van der Waals surface area contributed by atoms with Crippen LogP contribution in [0.3, 0.4) is 0 Å². The third kappa shape index (κ3) is 6.63. The van der Waals surface area contributed by atoms with Gasteiger partial charge in [-0.1, -0.05) is 12.1 Å². The minimum Gasteiger partial charge on any atom is -0.495 e. The van der Waals surface area contributed by atoms with Gasteiger partial charge in [-0.15, -0.1) is 24.0 Å². The van der Waals surface area contributed by atoms with Gasteiger partial charge in [0.15, 0.2) is 5.96 Å². The first-order valence-corrected chi connectivity index (χ1v) is 9.61. The molecule has 3 rings (SSSR count). The SMILES string of the molecule is COc1ccccc1NC(N)=NCc1cc(C(F)(F)F)ccc1N1CCN(C)CC1.I. The number of methoxy groups -OCH3 is 1. The normalized spacial score (nSPS) is 15.4. The van der Waals surface area contributed by atoms with Crippen LogP contribution in [-0.2, 0) is 12.7 Å². The smallest absolute Gasteiger partial charge is 0.416 e. The second kappa shape index (κ2) is 10.9. The molecule has 2 aromatic carbocycles. The number of rotatable bonds is 5. The number of piperazine rings is 1. The Bertz CT molecular complexity index is 899. The molecule has 6 nitrogen and oxygen atoms in total. The Balaban J connectivity index is 0.00000341. The molecule has 0 atom stereocenters. The predicted octanol–water partition coefficient (Wildman–Crippen LogP) is 4.01. The van der Waals surface area contributed by atoms with E-state index in [-0.39, 0.29) is 36.5 Å². The molecule has 0 saturated carbocycles. The summed E-state index contributed by atoms with van der Waals surface area (Å²) in [5, 5.41) is 2.94. The molecule has 10 heteroatoms. The van der Waals surface area contributed by atoms with Crippen molar-refractivity contribution in [1.29, 1.82) is 0 Å². The van der Waals surface area contributed by atoms with Crippen molar-refractivity contribution in [3.8, 4) is 5.75 Å². The van der Waals surface area contributed by atoms with E-state index in [0.717, 1.165) is 44.0 Å². The lowest BCUT2D eigenvalue weighted by molar-refractivity contribution is -0.137. The van der Waals surface area contributed by atoms with Crippen molar-refractivity contribution in [3.63, 3.8) is 0 Å². The Kier molecular flexibility index (Phi) is 8.80. The van der Waals surface area contributed by atoms with Gasteiger partial charge in [-0.25, -0.2) is 4.99 Å². The van der Waals surface area contributed by atoms with Gasteiger partial charge >= 0.3 is 6.18 Å². The summed E-state index contributed by atoms with van der Waals surface area (Å²) in [7, 11) is 3.57. The minimum absolute atomic E-state index is 0. The summed E-state index contributed by atoms with van der Waals surface area (Å²) in [4.78, 5) is 8.56. The second-order valence-corrected chi connectivity index (χ2v) is 7.16. The number of guanidine groups is 1. The third-order valence-corrected chi connectivity index (χ3v) is 5.04. The molecular formula is C21H27F3IN5O. The van der Waals surface area contributed by atoms with Gasteiger partial charge in [0.25, 0.3) is 0 Å². The molecule has 0 amide bonds. The van der Waals surface area contributed by atoms with E-state index in [4.69, 9.17) is 10.5 Å². The first-order chi connectivity index (χ1) is 14.3. The number of ether oxygens (including phenoxy) is 1. The number of aliphatic imine (C=N–C) groups is 1. The van der Waals surface area contributed by atoms with Crippen molar-refractivity contribution in [2.24, 2.45) is 10.7 Å². The first kappa shape index (κ1) is 25.1. The predicted molar refractivity (Wildman–Crippen MR) is 129 cm³/mol. The Labute approximate surface area is 197 Å². The maximum absolute atomic E-state index is 13.3. The van der Waals surface area contributed by atoms with Crippen LogP contribution in [-0.4, -0.2) is 51.2 Å². The Morgan fingerprint density at radius 1 is 1.13 bits per heavy atom. The van der Waals surface area contributed by atoms with Crippen LogP contribution in [0, 0.1) is 0 Å². The zero-order chi connectivity index (χ0) is 21.7. The number of hydrogen-bond acceptors (Lipinski definition) is 4. The molecule has 3 N–H and O–H groups in total.